The van der Waals surface area contributed by atoms with Gasteiger partial charge < -0.3 is 0 Å². The van der Waals surface area contributed by atoms with E-state index in [-0.39, 0.29) is 0 Å². The average molecular weight is 301 g/mol. The first-order chi connectivity index (χ1) is 10.0. The molecule has 0 bridgehead atoms. The Bertz CT molecular complexity index is 470. The van der Waals surface area contributed by atoms with Crippen LogP contribution in [0.1, 0.15) is 81.1 Å². The first-order valence-corrected chi connectivity index (χ1v) is 8.29. The Balaban J connectivity index is 5.01. The van der Waals surface area contributed by atoms with Crippen molar-refractivity contribution in [3.8, 4) is 0 Å². The molecule has 0 heteroatoms. The third-order valence-electron chi connectivity index (χ3n) is 4.38. The van der Waals surface area contributed by atoms with Gasteiger partial charge in [-0.25, -0.2) is 0 Å². The van der Waals surface area contributed by atoms with Crippen LogP contribution in [0.25, 0.3) is 0 Å². The molecule has 0 atom stereocenters. The van der Waals surface area contributed by atoms with Gasteiger partial charge in [0.05, 0.1) is 0 Å². The number of hydrogen-bond acceptors (Lipinski definition) is 0. The van der Waals surface area contributed by atoms with Gasteiger partial charge in [-0.05, 0) is 81.1 Å². The van der Waals surface area contributed by atoms with Gasteiger partial charge >= 0.3 is 0 Å². The van der Waals surface area contributed by atoms with Crippen molar-refractivity contribution in [3.05, 3.63) is 57.7 Å². The Morgan fingerprint density at radius 1 is 0.409 bits per heavy atom. The van der Waals surface area contributed by atoms with Crippen LogP contribution in [0.5, 0.6) is 0 Å². The lowest BCUT2D eigenvalue weighted by molar-refractivity contribution is 0.949. The molecule has 0 fully saturated rings. The number of hydrogen-bond donors (Lipinski definition) is 0. The molecular weight excluding hydrogens is 264 g/mol. The summed E-state index contributed by atoms with van der Waals surface area (Å²) in [5.41, 5.74) is 11.4. The maximum atomic E-state index is 4.01. The molecule has 0 saturated heterocycles. The molecule has 0 unspecified atom stereocenters. The predicted molar refractivity (Wildman–Crippen MR) is 103 cm³/mol. The highest BCUT2D eigenvalue weighted by atomic mass is 14.1. The van der Waals surface area contributed by atoms with Crippen LogP contribution in [0.15, 0.2) is 57.7 Å². The van der Waals surface area contributed by atoms with E-state index in [0.29, 0.717) is 0 Å². The maximum absolute atomic E-state index is 4.01. The summed E-state index contributed by atoms with van der Waals surface area (Å²) in [6, 6.07) is 0. The minimum Gasteiger partial charge on any atom is -0.0998 e. The van der Waals surface area contributed by atoms with Gasteiger partial charge in [-0.15, -0.1) is 0 Å². The molecule has 0 spiro atoms. The second kappa shape index (κ2) is 9.66. The van der Waals surface area contributed by atoms with Crippen LogP contribution < -0.4 is 0 Å². The summed E-state index contributed by atoms with van der Waals surface area (Å²) in [6.45, 7) is 25.7. The second-order valence-corrected chi connectivity index (χ2v) is 7.30. The summed E-state index contributed by atoms with van der Waals surface area (Å²) < 4.78 is 0. The van der Waals surface area contributed by atoms with Crippen molar-refractivity contribution in [1.29, 1.82) is 0 Å². The largest absolute Gasteiger partial charge is 0.0998 e. The van der Waals surface area contributed by atoms with E-state index in [1.165, 1.54) is 44.6 Å². The Kier molecular flexibility index (Phi) is 9.09. The van der Waals surface area contributed by atoms with Crippen molar-refractivity contribution < 1.29 is 0 Å². The summed E-state index contributed by atoms with van der Waals surface area (Å²) >= 11 is 0. The first-order valence-electron chi connectivity index (χ1n) is 8.29. The molecule has 124 valence electrons. The molecule has 0 heterocycles. The van der Waals surface area contributed by atoms with E-state index >= 15 is 0 Å². The first kappa shape index (κ1) is 20.7. The Morgan fingerprint density at radius 2 is 0.591 bits per heavy atom. The fourth-order valence-electron chi connectivity index (χ4n) is 2.61. The molecule has 0 aromatic rings. The van der Waals surface area contributed by atoms with Crippen LogP contribution in [0.2, 0.25) is 0 Å². The molecular formula is C22H36. The highest BCUT2D eigenvalue weighted by molar-refractivity contribution is 5.27. The zero-order valence-electron chi connectivity index (χ0n) is 16.2. The van der Waals surface area contributed by atoms with Crippen molar-refractivity contribution >= 4 is 0 Å². The predicted octanol–water partition coefficient (Wildman–Crippen LogP) is 7.71. The molecule has 0 aliphatic carbocycles. The molecule has 0 aromatic heterocycles. The van der Waals surface area contributed by atoms with E-state index in [9.17, 15) is 0 Å². The van der Waals surface area contributed by atoms with Gasteiger partial charge in [0.25, 0.3) is 0 Å². The highest BCUT2D eigenvalue weighted by Crippen LogP contribution is 2.25. The lowest BCUT2D eigenvalue weighted by Gasteiger charge is -2.14. The highest BCUT2D eigenvalue weighted by Gasteiger charge is 2.05. The zero-order valence-corrected chi connectivity index (χ0v) is 16.2. The van der Waals surface area contributed by atoms with Crippen LogP contribution in [0.4, 0.5) is 0 Å². The molecule has 0 aliphatic rings. The van der Waals surface area contributed by atoms with Crippen molar-refractivity contribution in [1.82, 2.24) is 0 Å². The van der Waals surface area contributed by atoms with Crippen LogP contribution in [-0.4, -0.2) is 0 Å². The topological polar surface area (TPSA) is 0 Å². The van der Waals surface area contributed by atoms with E-state index in [1.54, 1.807) is 0 Å². The van der Waals surface area contributed by atoms with Gasteiger partial charge in [-0.3, -0.25) is 0 Å². The number of rotatable bonds is 8. The summed E-state index contributed by atoms with van der Waals surface area (Å²) in [7, 11) is 0. The van der Waals surface area contributed by atoms with Gasteiger partial charge in [0.1, 0.15) is 0 Å². The Morgan fingerprint density at radius 3 is 0.773 bits per heavy atom. The normalized spacial score (nSPS) is 14.9. The van der Waals surface area contributed by atoms with Gasteiger partial charge in [0.2, 0.25) is 0 Å². The van der Waals surface area contributed by atoms with Crippen molar-refractivity contribution in [2.24, 2.45) is 0 Å². The lowest BCUT2D eigenvalue weighted by Crippen LogP contribution is -1.93. The van der Waals surface area contributed by atoms with Crippen LogP contribution >= 0.6 is 0 Å². The van der Waals surface area contributed by atoms with E-state index in [4.69, 9.17) is 0 Å². The average Bonchev–Trinajstić information content (AvgIpc) is 2.36. The standard InChI is InChI=1S/C22H36/c1-15(2)11-17(5)19(7)13-21(9)22(10)14-20(8)18(6)12-16(3)4/h1,3,11-14H2,2,4-10H3/b19-17-,20-18-,22-21-. The molecule has 0 N–H and O–H groups in total. The third kappa shape index (κ3) is 8.22. The fourth-order valence-corrected chi connectivity index (χ4v) is 2.61. The summed E-state index contributed by atoms with van der Waals surface area (Å²) in [5, 5.41) is 0. The van der Waals surface area contributed by atoms with E-state index in [0.717, 1.165) is 25.7 Å². The zero-order chi connectivity index (χ0) is 17.4. The van der Waals surface area contributed by atoms with Crippen LogP contribution in [0, 0.1) is 0 Å². The summed E-state index contributed by atoms with van der Waals surface area (Å²) in [5.74, 6) is 0. The fraction of sp³-hybridized carbons (Fsp3) is 0.545. The summed E-state index contributed by atoms with van der Waals surface area (Å²) in [4.78, 5) is 0. The minimum atomic E-state index is 1.02. The monoisotopic (exact) mass is 300 g/mol. The van der Waals surface area contributed by atoms with Crippen LogP contribution in [-0.2, 0) is 0 Å². The number of allylic oxidation sites excluding steroid dienone is 8. The van der Waals surface area contributed by atoms with E-state index in [2.05, 4.69) is 68.5 Å². The quantitative estimate of drug-likeness (QED) is 0.403. The SMILES string of the molecule is C=C(C)C/C(C)=C(/C)C/C(C)=C(/C)C/C(C)=C(/C)CC(=C)C. The Hall–Kier alpha value is -1.30. The second-order valence-electron chi connectivity index (χ2n) is 7.30. The molecule has 0 nitrogen and oxygen atoms in total. The van der Waals surface area contributed by atoms with Crippen molar-refractivity contribution in [3.63, 3.8) is 0 Å². The summed E-state index contributed by atoms with van der Waals surface area (Å²) in [6.07, 6.45) is 4.21. The van der Waals surface area contributed by atoms with Crippen LogP contribution in [0.3, 0.4) is 0 Å². The van der Waals surface area contributed by atoms with Crippen molar-refractivity contribution in [2.75, 3.05) is 0 Å². The third-order valence-corrected chi connectivity index (χ3v) is 4.38. The minimum absolute atomic E-state index is 1.02. The molecule has 0 radical (unpaired) electrons. The van der Waals surface area contributed by atoms with E-state index in [1.807, 2.05) is 0 Å². The smallest absolute Gasteiger partial charge is 0.0109 e. The molecule has 0 saturated carbocycles. The molecule has 22 heavy (non-hydrogen) atoms. The maximum Gasteiger partial charge on any atom is -0.0109 e. The molecule has 0 aliphatic heterocycles. The van der Waals surface area contributed by atoms with Gasteiger partial charge in [0.15, 0.2) is 0 Å². The molecule has 0 rings (SSSR count). The van der Waals surface area contributed by atoms with Gasteiger partial charge in [-0.1, -0.05) is 57.7 Å². The van der Waals surface area contributed by atoms with E-state index < -0.39 is 0 Å². The molecule has 0 aromatic carbocycles. The van der Waals surface area contributed by atoms with Gasteiger partial charge in [-0.2, -0.15) is 0 Å². The Labute approximate surface area is 139 Å². The lowest BCUT2D eigenvalue weighted by atomic mass is 9.93. The van der Waals surface area contributed by atoms with Gasteiger partial charge in [0, 0.05) is 0 Å². The van der Waals surface area contributed by atoms with Crippen molar-refractivity contribution in [2.45, 2.75) is 81.1 Å². The molecule has 0 amide bonds.